The van der Waals surface area contributed by atoms with Crippen molar-refractivity contribution in [3.63, 3.8) is 0 Å². The van der Waals surface area contributed by atoms with Crippen LogP contribution < -0.4 is 10.6 Å². The van der Waals surface area contributed by atoms with E-state index in [4.69, 9.17) is 4.99 Å². The number of aromatic nitrogens is 3. The summed E-state index contributed by atoms with van der Waals surface area (Å²) < 4.78 is 2.10. The topological polar surface area (TPSA) is 70.4 Å². The lowest BCUT2D eigenvalue weighted by Crippen LogP contribution is -2.41. The minimum Gasteiger partial charge on any atom is -0.355 e. The molecule has 2 N–H and O–H groups in total. The second-order valence-corrected chi connectivity index (χ2v) is 7.61. The van der Waals surface area contributed by atoms with Gasteiger partial charge in [-0.05, 0) is 38.4 Å². The van der Waals surface area contributed by atoms with Crippen LogP contribution in [0.4, 0.5) is 0 Å². The normalized spacial score (nSPS) is 18.7. The van der Waals surface area contributed by atoms with Crippen molar-refractivity contribution in [2.45, 2.75) is 58.7 Å². The number of rotatable bonds is 9. The van der Waals surface area contributed by atoms with Crippen molar-refractivity contribution < 1.29 is 0 Å². The molecule has 1 aliphatic heterocycles. The number of benzene rings is 1. The lowest BCUT2D eigenvalue weighted by atomic mass is 10.1. The van der Waals surface area contributed by atoms with Crippen LogP contribution in [-0.2, 0) is 13.0 Å². The molecule has 1 aliphatic rings. The Balaban J connectivity index is 1.62. The van der Waals surface area contributed by atoms with E-state index in [0.717, 1.165) is 44.4 Å². The Hall–Kier alpha value is -2.41. The molecule has 0 amide bonds. The molecule has 0 saturated carbocycles. The first-order chi connectivity index (χ1) is 14.2. The fraction of sp³-hybridized carbons (Fsp3) is 0.591. The molecule has 0 bridgehead atoms. The van der Waals surface area contributed by atoms with Crippen LogP contribution in [0.2, 0.25) is 0 Å². The molecule has 0 radical (unpaired) electrons. The summed E-state index contributed by atoms with van der Waals surface area (Å²) in [7, 11) is 0. The highest BCUT2D eigenvalue weighted by molar-refractivity contribution is 5.80. The first-order valence-electron chi connectivity index (χ1n) is 10.9. The van der Waals surface area contributed by atoms with Gasteiger partial charge in [0.05, 0.1) is 12.6 Å². The van der Waals surface area contributed by atoms with Gasteiger partial charge in [-0.3, -0.25) is 9.89 Å². The smallest absolute Gasteiger partial charge is 0.191 e. The predicted octanol–water partition coefficient (Wildman–Crippen LogP) is 2.62. The molecule has 1 aromatic heterocycles. The molecule has 2 aromatic rings. The third-order valence-electron chi connectivity index (χ3n) is 5.68. The van der Waals surface area contributed by atoms with Crippen molar-refractivity contribution in [2.24, 2.45) is 4.99 Å². The quantitative estimate of drug-likeness (QED) is 0.503. The highest BCUT2D eigenvalue weighted by Gasteiger charge is 2.22. The molecule has 2 unspecified atom stereocenters. The molecule has 2 heterocycles. The van der Waals surface area contributed by atoms with Gasteiger partial charge in [0.15, 0.2) is 5.96 Å². The number of likely N-dealkylation sites (tertiary alicyclic amines) is 1. The minimum atomic E-state index is 0.189. The monoisotopic (exact) mass is 397 g/mol. The zero-order valence-electron chi connectivity index (χ0n) is 18.0. The number of nitrogens with one attached hydrogen (secondary N) is 2. The molecule has 158 valence electrons. The standard InChI is InChI=1S/C22H35N7/c1-4-21-27-25-17-29(21)15-13-23-22(24-16-20-12-9-14-28(20)5-2)26-18(3)19-10-7-6-8-11-19/h6-8,10-11,17-18,20H,4-5,9,12-16H2,1-3H3,(H2,23,24,26). The molecule has 1 saturated heterocycles. The van der Waals surface area contributed by atoms with E-state index in [0.29, 0.717) is 6.04 Å². The van der Waals surface area contributed by atoms with Crippen LogP contribution in [0.5, 0.6) is 0 Å². The molecule has 1 fully saturated rings. The molecule has 7 heteroatoms. The Bertz CT molecular complexity index is 756. The van der Waals surface area contributed by atoms with Crippen LogP contribution in [0.3, 0.4) is 0 Å². The molecule has 1 aromatic carbocycles. The highest BCUT2D eigenvalue weighted by Crippen LogP contribution is 2.17. The molecule has 7 nitrogen and oxygen atoms in total. The van der Waals surface area contributed by atoms with Crippen molar-refractivity contribution in [3.05, 3.63) is 48.0 Å². The summed E-state index contributed by atoms with van der Waals surface area (Å²) in [5.41, 5.74) is 1.25. The van der Waals surface area contributed by atoms with Crippen LogP contribution in [0.15, 0.2) is 41.7 Å². The summed E-state index contributed by atoms with van der Waals surface area (Å²) in [6.45, 7) is 11.2. The number of hydrogen-bond donors (Lipinski definition) is 2. The second-order valence-electron chi connectivity index (χ2n) is 7.61. The van der Waals surface area contributed by atoms with E-state index in [1.165, 1.54) is 24.9 Å². The van der Waals surface area contributed by atoms with E-state index >= 15 is 0 Å². The van der Waals surface area contributed by atoms with Crippen LogP contribution >= 0.6 is 0 Å². The first kappa shape index (κ1) is 21.3. The summed E-state index contributed by atoms with van der Waals surface area (Å²) in [6, 6.07) is 11.2. The Morgan fingerprint density at radius 2 is 2.10 bits per heavy atom. The highest BCUT2D eigenvalue weighted by atomic mass is 15.3. The molecule has 29 heavy (non-hydrogen) atoms. The molecule has 0 spiro atoms. The Morgan fingerprint density at radius 1 is 1.28 bits per heavy atom. The maximum atomic E-state index is 4.94. The van der Waals surface area contributed by atoms with E-state index in [2.05, 4.69) is 75.3 Å². The van der Waals surface area contributed by atoms with Gasteiger partial charge in [-0.2, -0.15) is 0 Å². The fourth-order valence-electron chi connectivity index (χ4n) is 3.93. The SMILES string of the molecule is CCc1nncn1CCNC(=NCC1CCCN1CC)NC(C)c1ccccc1. The van der Waals surface area contributed by atoms with Gasteiger partial charge in [-0.1, -0.05) is 44.2 Å². The predicted molar refractivity (Wildman–Crippen MR) is 118 cm³/mol. The van der Waals surface area contributed by atoms with Gasteiger partial charge in [0.25, 0.3) is 0 Å². The van der Waals surface area contributed by atoms with Crippen LogP contribution in [0, 0.1) is 0 Å². The maximum absolute atomic E-state index is 4.94. The summed E-state index contributed by atoms with van der Waals surface area (Å²) in [5.74, 6) is 1.89. The molecular formula is C22H35N7. The Morgan fingerprint density at radius 3 is 2.86 bits per heavy atom. The van der Waals surface area contributed by atoms with E-state index in [1.54, 1.807) is 6.33 Å². The zero-order valence-corrected chi connectivity index (χ0v) is 18.0. The van der Waals surface area contributed by atoms with Crippen LogP contribution in [-0.4, -0.2) is 57.8 Å². The molecular weight excluding hydrogens is 362 g/mol. The zero-order chi connectivity index (χ0) is 20.5. The van der Waals surface area contributed by atoms with E-state index in [-0.39, 0.29) is 6.04 Å². The Labute approximate surface area is 174 Å². The Kier molecular flexibility index (Phi) is 8.04. The number of nitrogens with zero attached hydrogens (tertiary/aromatic N) is 5. The van der Waals surface area contributed by atoms with Gasteiger partial charge < -0.3 is 15.2 Å². The van der Waals surface area contributed by atoms with Crippen molar-refractivity contribution >= 4 is 5.96 Å². The number of guanidine groups is 1. The van der Waals surface area contributed by atoms with Crippen molar-refractivity contribution in [2.75, 3.05) is 26.2 Å². The van der Waals surface area contributed by atoms with Gasteiger partial charge in [-0.15, -0.1) is 10.2 Å². The van der Waals surface area contributed by atoms with Gasteiger partial charge in [0, 0.05) is 25.6 Å². The number of aryl methyl sites for hydroxylation is 1. The molecule has 0 aliphatic carbocycles. The van der Waals surface area contributed by atoms with Crippen molar-refractivity contribution in [3.8, 4) is 0 Å². The molecule has 3 rings (SSSR count). The maximum Gasteiger partial charge on any atom is 0.191 e. The van der Waals surface area contributed by atoms with Crippen molar-refractivity contribution in [1.29, 1.82) is 0 Å². The average Bonchev–Trinajstić information content (AvgIpc) is 3.41. The van der Waals surface area contributed by atoms with Crippen LogP contribution in [0.1, 0.15) is 51.0 Å². The van der Waals surface area contributed by atoms with E-state index < -0.39 is 0 Å². The second kappa shape index (κ2) is 11.0. The first-order valence-corrected chi connectivity index (χ1v) is 10.9. The number of likely N-dealkylation sites (N-methyl/N-ethyl adjacent to an activating group) is 1. The number of aliphatic imine (C=N–C) groups is 1. The summed E-state index contributed by atoms with van der Waals surface area (Å²) in [4.78, 5) is 7.48. The van der Waals surface area contributed by atoms with E-state index in [9.17, 15) is 0 Å². The fourth-order valence-corrected chi connectivity index (χ4v) is 3.93. The van der Waals surface area contributed by atoms with Gasteiger partial charge in [0.1, 0.15) is 12.2 Å². The summed E-state index contributed by atoms with van der Waals surface area (Å²) in [5, 5.41) is 15.3. The number of hydrogen-bond acceptors (Lipinski definition) is 4. The van der Waals surface area contributed by atoms with Gasteiger partial charge >= 0.3 is 0 Å². The lowest BCUT2D eigenvalue weighted by molar-refractivity contribution is 0.273. The average molecular weight is 398 g/mol. The largest absolute Gasteiger partial charge is 0.355 e. The summed E-state index contributed by atoms with van der Waals surface area (Å²) >= 11 is 0. The van der Waals surface area contributed by atoms with Gasteiger partial charge in [-0.25, -0.2) is 0 Å². The third kappa shape index (κ3) is 6.03. The van der Waals surface area contributed by atoms with E-state index in [1.807, 2.05) is 6.07 Å². The third-order valence-corrected chi connectivity index (χ3v) is 5.68. The molecule has 2 atom stereocenters. The van der Waals surface area contributed by atoms with Gasteiger partial charge in [0.2, 0.25) is 0 Å². The van der Waals surface area contributed by atoms with Crippen molar-refractivity contribution in [1.82, 2.24) is 30.3 Å². The lowest BCUT2D eigenvalue weighted by Gasteiger charge is -2.23. The van der Waals surface area contributed by atoms with Crippen LogP contribution in [0.25, 0.3) is 0 Å². The minimum absolute atomic E-state index is 0.189. The summed E-state index contributed by atoms with van der Waals surface area (Å²) in [6.07, 6.45) is 5.20.